The number of rotatable bonds is 3. The Morgan fingerprint density at radius 2 is 2.00 bits per heavy atom. The van der Waals surface area contributed by atoms with E-state index in [-0.39, 0.29) is 17.8 Å². The lowest BCUT2D eigenvalue weighted by Gasteiger charge is -2.42. The number of carbonyl (C=O) groups excluding carboxylic acids is 1. The Morgan fingerprint density at radius 1 is 1.24 bits per heavy atom. The lowest BCUT2D eigenvalue weighted by molar-refractivity contribution is -0.131. The predicted octanol–water partition coefficient (Wildman–Crippen LogP) is 3.94. The van der Waals surface area contributed by atoms with E-state index in [1.165, 1.54) is 31.4 Å². The van der Waals surface area contributed by atoms with Gasteiger partial charge in [0, 0.05) is 6.04 Å². The highest BCUT2D eigenvalue weighted by atomic mass is 19.1. The summed E-state index contributed by atoms with van der Waals surface area (Å²) in [6.45, 7) is 2.22. The van der Waals surface area contributed by atoms with Gasteiger partial charge in [-0.25, -0.2) is 4.39 Å². The summed E-state index contributed by atoms with van der Waals surface area (Å²) < 4.78 is 13.5. The standard InChI is InChI=1S/C18H24FNO/c1-13-6-2-3-9-16(13)20-17(21)18(10-5-11-18)14-7-4-8-15(19)12-14/h4,7-8,12-13,16H,2-3,5-6,9-11H2,1H3,(H,20,21). The van der Waals surface area contributed by atoms with Crippen molar-refractivity contribution >= 4 is 5.91 Å². The number of amides is 1. The maximum atomic E-state index is 13.5. The number of nitrogens with one attached hydrogen (secondary N) is 1. The summed E-state index contributed by atoms with van der Waals surface area (Å²) in [6.07, 6.45) is 7.45. The van der Waals surface area contributed by atoms with Crippen LogP contribution in [-0.2, 0) is 10.2 Å². The molecular weight excluding hydrogens is 265 g/mol. The minimum Gasteiger partial charge on any atom is -0.352 e. The van der Waals surface area contributed by atoms with Crippen molar-refractivity contribution in [1.29, 1.82) is 0 Å². The van der Waals surface area contributed by atoms with Crippen LogP contribution in [0.1, 0.15) is 57.4 Å². The highest BCUT2D eigenvalue weighted by molar-refractivity contribution is 5.89. The van der Waals surface area contributed by atoms with Gasteiger partial charge in [-0.05, 0) is 49.3 Å². The van der Waals surface area contributed by atoms with Crippen LogP contribution in [0.2, 0.25) is 0 Å². The van der Waals surface area contributed by atoms with E-state index in [1.807, 2.05) is 6.07 Å². The zero-order valence-electron chi connectivity index (χ0n) is 12.7. The molecule has 0 saturated heterocycles. The summed E-state index contributed by atoms with van der Waals surface area (Å²) in [5, 5.41) is 3.27. The normalized spacial score (nSPS) is 27.7. The number of halogens is 1. The van der Waals surface area contributed by atoms with E-state index in [9.17, 15) is 9.18 Å². The van der Waals surface area contributed by atoms with Crippen molar-refractivity contribution in [3.05, 3.63) is 35.6 Å². The van der Waals surface area contributed by atoms with Gasteiger partial charge in [0.25, 0.3) is 0 Å². The van der Waals surface area contributed by atoms with Crippen molar-refractivity contribution in [3.63, 3.8) is 0 Å². The van der Waals surface area contributed by atoms with E-state index >= 15 is 0 Å². The first-order valence-electron chi connectivity index (χ1n) is 8.19. The molecule has 0 heterocycles. The number of carbonyl (C=O) groups is 1. The van der Waals surface area contributed by atoms with Crippen LogP contribution in [0.15, 0.2) is 24.3 Å². The molecule has 0 aromatic heterocycles. The maximum absolute atomic E-state index is 13.5. The van der Waals surface area contributed by atoms with Gasteiger partial charge in [0.2, 0.25) is 5.91 Å². The summed E-state index contributed by atoms with van der Waals surface area (Å²) in [4.78, 5) is 12.8. The van der Waals surface area contributed by atoms with Gasteiger partial charge in [-0.2, -0.15) is 0 Å². The molecule has 2 saturated carbocycles. The molecule has 1 aromatic carbocycles. The fourth-order valence-electron chi connectivity index (χ4n) is 3.80. The molecule has 0 radical (unpaired) electrons. The lowest BCUT2D eigenvalue weighted by atomic mass is 9.63. The topological polar surface area (TPSA) is 29.1 Å². The molecule has 0 bridgehead atoms. The second-order valence-corrected chi connectivity index (χ2v) is 6.79. The summed E-state index contributed by atoms with van der Waals surface area (Å²) in [7, 11) is 0. The Kier molecular flexibility index (Phi) is 4.01. The van der Waals surface area contributed by atoms with E-state index in [2.05, 4.69) is 12.2 Å². The predicted molar refractivity (Wildman–Crippen MR) is 81.5 cm³/mol. The second-order valence-electron chi connectivity index (χ2n) is 6.79. The van der Waals surface area contributed by atoms with Crippen LogP contribution in [-0.4, -0.2) is 11.9 Å². The zero-order valence-corrected chi connectivity index (χ0v) is 12.7. The molecule has 1 amide bonds. The van der Waals surface area contributed by atoms with Gasteiger partial charge >= 0.3 is 0 Å². The SMILES string of the molecule is CC1CCCCC1NC(=O)C1(c2cccc(F)c2)CCC1. The van der Waals surface area contributed by atoms with E-state index in [0.29, 0.717) is 5.92 Å². The van der Waals surface area contributed by atoms with Gasteiger partial charge in [0.15, 0.2) is 0 Å². The maximum Gasteiger partial charge on any atom is 0.230 e. The largest absolute Gasteiger partial charge is 0.352 e. The van der Waals surface area contributed by atoms with Crippen molar-refractivity contribution in [1.82, 2.24) is 5.32 Å². The third-order valence-electron chi connectivity index (χ3n) is 5.45. The third-order valence-corrected chi connectivity index (χ3v) is 5.45. The van der Waals surface area contributed by atoms with E-state index in [1.54, 1.807) is 6.07 Å². The molecule has 114 valence electrons. The van der Waals surface area contributed by atoms with Crippen molar-refractivity contribution in [2.24, 2.45) is 5.92 Å². The summed E-state index contributed by atoms with van der Waals surface area (Å²) in [5.74, 6) is 0.406. The van der Waals surface area contributed by atoms with Crippen LogP contribution in [0.25, 0.3) is 0 Å². The lowest BCUT2D eigenvalue weighted by Crippen LogP contribution is -2.53. The van der Waals surface area contributed by atoms with E-state index in [4.69, 9.17) is 0 Å². The molecule has 2 fully saturated rings. The van der Waals surface area contributed by atoms with Gasteiger partial charge in [0.1, 0.15) is 5.82 Å². The van der Waals surface area contributed by atoms with Gasteiger partial charge < -0.3 is 5.32 Å². The quantitative estimate of drug-likeness (QED) is 0.897. The average Bonchev–Trinajstić information content (AvgIpc) is 2.40. The smallest absolute Gasteiger partial charge is 0.230 e. The van der Waals surface area contributed by atoms with Crippen LogP contribution in [0, 0.1) is 11.7 Å². The van der Waals surface area contributed by atoms with Crippen molar-refractivity contribution in [2.75, 3.05) is 0 Å². The monoisotopic (exact) mass is 289 g/mol. The molecule has 3 heteroatoms. The molecule has 3 rings (SSSR count). The van der Waals surface area contributed by atoms with E-state index < -0.39 is 5.41 Å². The molecule has 21 heavy (non-hydrogen) atoms. The highest BCUT2D eigenvalue weighted by Gasteiger charge is 2.46. The fraction of sp³-hybridized carbons (Fsp3) is 0.611. The molecule has 0 spiro atoms. The summed E-state index contributed by atoms with van der Waals surface area (Å²) in [5.41, 5.74) is 0.355. The molecule has 2 aliphatic rings. The summed E-state index contributed by atoms with van der Waals surface area (Å²) >= 11 is 0. The zero-order chi connectivity index (χ0) is 14.9. The molecule has 2 unspecified atom stereocenters. The van der Waals surface area contributed by atoms with Crippen molar-refractivity contribution in [2.45, 2.75) is 63.3 Å². The fourth-order valence-corrected chi connectivity index (χ4v) is 3.80. The molecular formula is C18H24FNO. The van der Waals surface area contributed by atoms with E-state index in [0.717, 1.165) is 31.2 Å². The summed E-state index contributed by atoms with van der Waals surface area (Å²) in [6, 6.07) is 6.87. The van der Waals surface area contributed by atoms with Crippen LogP contribution in [0.4, 0.5) is 4.39 Å². The Morgan fingerprint density at radius 3 is 2.62 bits per heavy atom. The molecule has 0 aliphatic heterocycles. The number of hydrogen-bond donors (Lipinski definition) is 1. The van der Waals surface area contributed by atoms with Gasteiger partial charge in [-0.15, -0.1) is 0 Å². The third kappa shape index (κ3) is 2.70. The first-order valence-corrected chi connectivity index (χ1v) is 8.19. The Labute approximate surface area is 126 Å². The number of hydrogen-bond acceptors (Lipinski definition) is 1. The molecule has 2 nitrogen and oxygen atoms in total. The minimum atomic E-state index is -0.487. The van der Waals surface area contributed by atoms with Gasteiger partial charge in [-0.1, -0.05) is 38.3 Å². The second kappa shape index (κ2) is 5.78. The molecule has 1 N–H and O–H groups in total. The van der Waals surface area contributed by atoms with Crippen LogP contribution in [0.5, 0.6) is 0 Å². The number of benzene rings is 1. The molecule has 1 aromatic rings. The Balaban J connectivity index is 1.77. The highest BCUT2D eigenvalue weighted by Crippen LogP contribution is 2.44. The average molecular weight is 289 g/mol. The first kappa shape index (κ1) is 14.6. The van der Waals surface area contributed by atoms with Crippen molar-refractivity contribution in [3.8, 4) is 0 Å². The minimum absolute atomic E-state index is 0.109. The van der Waals surface area contributed by atoms with Gasteiger partial charge in [-0.3, -0.25) is 4.79 Å². The van der Waals surface area contributed by atoms with Gasteiger partial charge in [0.05, 0.1) is 5.41 Å². The molecule has 2 atom stereocenters. The Hall–Kier alpha value is -1.38. The van der Waals surface area contributed by atoms with Crippen LogP contribution < -0.4 is 5.32 Å². The Bertz CT molecular complexity index is 524. The first-order chi connectivity index (χ1) is 10.1. The van der Waals surface area contributed by atoms with Crippen LogP contribution >= 0.6 is 0 Å². The van der Waals surface area contributed by atoms with Crippen LogP contribution in [0.3, 0.4) is 0 Å². The molecule has 2 aliphatic carbocycles. The van der Waals surface area contributed by atoms with Crippen molar-refractivity contribution < 1.29 is 9.18 Å².